The van der Waals surface area contributed by atoms with Crippen molar-refractivity contribution in [3.63, 3.8) is 0 Å². The van der Waals surface area contributed by atoms with Crippen LogP contribution in [0.2, 0.25) is 5.02 Å². The third-order valence-corrected chi connectivity index (χ3v) is 5.57. The lowest BCUT2D eigenvalue weighted by molar-refractivity contribution is -0.141. The topological polar surface area (TPSA) is 73.6 Å². The van der Waals surface area contributed by atoms with Crippen LogP contribution in [0, 0.1) is 11.3 Å². The van der Waals surface area contributed by atoms with Gasteiger partial charge in [0.1, 0.15) is 17.4 Å². The number of allylic oxidation sites excluding steroid dienone is 1. The van der Waals surface area contributed by atoms with Gasteiger partial charge in [0.05, 0.1) is 5.92 Å². The van der Waals surface area contributed by atoms with E-state index in [1.807, 2.05) is 30.3 Å². The largest absolute Gasteiger partial charge is 0.439 e. The average Bonchev–Trinajstić information content (AvgIpc) is 2.73. The summed E-state index contributed by atoms with van der Waals surface area (Å²) in [4.78, 5) is 27.6. The lowest BCUT2D eigenvalue weighted by Crippen LogP contribution is -2.38. The Hall–Kier alpha value is -3.30. The van der Waals surface area contributed by atoms with Crippen molar-refractivity contribution in [2.24, 2.45) is 0 Å². The molecule has 0 saturated heterocycles. The van der Waals surface area contributed by atoms with Gasteiger partial charge >= 0.3 is 0 Å². The number of nitrogens with zero attached hydrogens (tertiary/aromatic N) is 3. The summed E-state index contributed by atoms with van der Waals surface area (Å²) in [7, 11) is 0. The molecule has 1 unspecified atom stereocenters. The molecule has 0 fully saturated rings. The van der Waals surface area contributed by atoms with Gasteiger partial charge in [-0.25, -0.2) is 4.90 Å². The van der Waals surface area contributed by atoms with Gasteiger partial charge < -0.3 is 9.64 Å². The van der Waals surface area contributed by atoms with Gasteiger partial charge in [-0.2, -0.15) is 5.26 Å². The first kappa shape index (κ1) is 22.4. The van der Waals surface area contributed by atoms with Gasteiger partial charge in [0.15, 0.2) is 0 Å². The Morgan fingerprint density at radius 1 is 1.06 bits per heavy atom. The van der Waals surface area contributed by atoms with Crippen LogP contribution in [0.5, 0.6) is 5.75 Å². The molecule has 0 spiro atoms. The third-order valence-electron chi connectivity index (χ3n) is 5.32. The van der Waals surface area contributed by atoms with E-state index in [0.29, 0.717) is 10.8 Å². The molecule has 0 N–H and O–H groups in total. The highest BCUT2D eigenvalue weighted by molar-refractivity contribution is 6.30. The zero-order chi connectivity index (χ0) is 22.7. The maximum absolute atomic E-state index is 12.3. The van der Waals surface area contributed by atoms with Crippen molar-refractivity contribution in [2.75, 3.05) is 18.0 Å². The molecule has 1 heterocycles. The summed E-state index contributed by atoms with van der Waals surface area (Å²) in [5.41, 5.74) is 2.74. The Kier molecular flexibility index (Phi) is 6.67. The first-order valence-corrected chi connectivity index (χ1v) is 10.5. The predicted molar refractivity (Wildman–Crippen MR) is 120 cm³/mol. The number of halogens is 1. The Bertz CT molecular complexity index is 1070. The number of carbonyl (C=O) groups is 2. The van der Waals surface area contributed by atoms with E-state index >= 15 is 0 Å². The molecule has 2 aromatic carbocycles. The fourth-order valence-electron chi connectivity index (χ4n) is 3.86. The zero-order valence-corrected chi connectivity index (χ0v) is 18.7. The van der Waals surface area contributed by atoms with Crippen LogP contribution in [-0.4, -0.2) is 29.8 Å². The molecular formula is C24H24ClN3O3. The summed E-state index contributed by atoms with van der Waals surface area (Å²) in [6.45, 7) is 8.29. The van der Waals surface area contributed by atoms with E-state index in [9.17, 15) is 14.9 Å². The highest BCUT2D eigenvalue weighted by Crippen LogP contribution is 2.45. The van der Waals surface area contributed by atoms with Crippen molar-refractivity contribution >= 4 is 29.1 Å². The number of nitriles is 1. The van der Waals surface area contributed by atoms with Crippen molar-refractivity contribution in [1.82, 2.24) is 4.90 Å². The Labute approximate surface area is 187 Å². The number of fused-ring (bicyclic) bond motifs is 1. The fraction of sp³-hybridized carbons (Fsp3) is 0.292. The first-order chi connectivity index (χ1) is 14.8. The number of rotatable bonds is 5. The van der Waals surface area contributed by atoms with Crippen LogP contribution < -0.4 is 9.64 Å². The van der Waals surface area contributed by atoms with E-state index in [0.717, 1.165) is 34.8 Å². The van der Waals surface area contributed by atoms with E-state index in [4.69, 9.17) is 16.3 Å². The molecule has 1 aliphatic heterocycles. The normalized spacial score (nSPS) is 14.9. The average molecular weight is 438 g/mol. The summed E-state index contributed by atoms with van der Waals surface area (Å²) in [6, 6.07) is 15.2. The number of anilines is 1. The lowest BCUT2D eigenvalue weighted by Gasteiger charge is -2.32. The van der Waals surface area contributed by atoms with Gasteiger partial charge in [-0.05, 0) is 37.6 Å². The molecule has 2 aromatic rings. The Morgan fingerprint density at radius 2 is 1.68 bits per heavy atom. The van der Waals surface area contributed by atoms with Crippen LogP contribution in [-0.2, 0) is 9.59 Å². The quantitative estimate of drug-likeness (QED) is 0.669. The molecule has 7 heteroatoms. The van der Waals surface area contributed by atoms with Crippen LogP contribution in [0.4, 0.5) is 5.69 Å². The minimum absolute atomic E-state index is 0.0494. The van der Waals surface area contributed by atoms with Crippen LogP contribution in [0.3, 0.4) is 0 Å². The second-order valence-corrected chi connectivity index (χ2v) is 7.62. The number of hydrogen-bond acceptors (Lipinski definition) is 5. The highest BCUT2D eigenvalue weighted by atomic mass is 35.5. The first-order valence-electron chi connectivity index (χ1n) is 10.1. The predicted octanol–water partition coefficient (Wildman–Crippen LogP) is 4.84. The molecule has 1 atom stereocenters. The van der Waals surface area contributed by atoms with E-state index in [-0.39, 0.29) is 11.5 Å². The number of carbonyl (C=O) groups excluding carboxylic acids is 2. The second kappa shape index (κ2) is 9.23. The van der Waals surface area contributed by atoms with Gasteiger partial charge in [-0.3, -0.25) is 9.59 Å². The van der Waals surface area contributed by atoms with Crippen LogP contribution in [0.25, 0.3) is 0 Å². The second-order valence-electron chi connectivity index (χ2n) is 7.19. The van der Waals surface area contributed by atoms with E-state index in [2.05, 4.69) is 24.8 Å². The maximum Gasteiger partial charge on any atom is 0.233 e. The summed E-state index contributed by atoms with van der Waals surface area (Å²) in [5.74, 6) is -1.09. The number of benzene rings is 2. The molecule has 0 bridgehead atoms. The van der Waals surface area contributed by atoms with Gasteiger partial charge in [0.2, 0.25) is 17.7 Å². The Morgan fingerprint density at radius 3 is 2.19 bits per heavy atom. The highest BCUT2D eigenvalue weighted by Gasteiger charge is 2.36. The Balaban J connectivity index is 2.27. The van der Waals surface area contributed by atoms with Gasteiger partial charge in [-0.15, -0.1) is 0 Å². The molecule has 0 aliphatic carbocycles. The molecule has 160 valence electrons. The smallest absolute Gasteiger partial charge is 0.233 e. The number of ether oxygens (including phenoxy) is 1. The van der Waals surface area contributed by atoms with E-state index < -0.39 is 17.7 Å². The number of amides is 2. The minimum atomic E-state index is -0.520. The van der Waals surface area contributed by atoms with Gasteiger partial charge in [0, 0.05) is 49.3 Å². The van der Waals surface area contributed by atoms with Crippen molar-refractivity contribution < 1.29 is 14.3 Å². The molecular weight excluding hydrogens is 414 g/mol. The molecule has 0 radical (unpaired) electrons. The van der Waals surface area contributed by atoms with Crippen molar-refractivity contribution in [1.29, 1.82) is 5.26 Å². The van der Waals surface area contributed by atoms with Crippen molar-refractivity contribution in [3.8, 4) is 11.8 Å². The monoisotopic (exact) mass is 437 g/mol. The van der Waals surface area contributed by atoms with Crippen molar-refractivity contribution in [3.05, 3.63) is 70.1 Å². The molecule has 3 rings (SSSR count). The minimum Gasteiger partial charge on any atom is -0.439 e. The number of hydrogen-bond donors (Lipinski definition) is 0. The van der Waals surface area contributed by atoms with Gasteiger partial charge in [0.25, 0.3) is 0 Å². The summed E-state index contributed by atoms with van der Waals surface area (Å²) in [5, 5.41) is 10.6. The van der Waals surface area contributed by atoms with Crippen LogP contribution >= 0.6 is 11.6 Å². The van der Waals surface area contributed by atoms with E-state index in [1.165, 1.54) is 13.8 Å². The van der Waals surface area contributed by atoms with E-state index in [1.54, 1.807) is 12.1 Å². The third kappa shape index (κ3) is 4.28. The maximum atomic E-state index is 12.3. The fourth-order valence-corrected chi connectivity index (χ4v) is 3.99. The molecule has 31 heavy (non-hydrogen) atoms. The summed E-state index contributed by atoms with van der Waals surface area (Å²) in [6.07, 6.45) is 0. The number of imide groups is 1. The van der Waals surface area contributed by atoms with Crippen LogP contribution in [0.15, 0.2) is 53.9 Å². The summed E-state index contributed by atoms with van der Waals surface area (Å²) >= 11 is 6.07. The zero-order valence-electron chi connectivity index (χ0n) is 18.0. The van der Waals surface area contributed by atoms with Crippen LogP contribution in [0.1, 0.15) is 44.7 Å². The molecule has 2 amide bonds. The molecule has 1 aliphatic rings. The molecule has 0 saturated carbocycles. The van der Waals surface area contributed by atoms with Crippen molar-refractivity contribution in [2.45, 2.75) is 33.6 Å². The molecule has 6 nitrogen and oxygen atoms in total. The SMILES string of the molecule is CCN(CC)c1ccc2c(c1)OC(N(C(C)=O)C(C)=O)=C(C#N)C2c1ccc(Cl)cc1. The standard InChI is InChI=1S/C24H24ClN3O3/c1-5-27(6-2)19-11-12-20-22(13-19)31-24(28(15(3)29)16(4)30)21(14-26)23(20)17-7-9-18(25)10-8-17/h7-13,23H,5-6H2,1-4H3. The lowest BCUT2D eigenvalue weighted by atomic mass is 9.83. The van der Waals surface area contributed by atoms with Gasteiger partial charge in [-0.1, -0.05) is 29.8 Å². The summed E-state index contributed by atoms with van der Waals surface area (Å²) < 4.78 is 6.06. The molecule has 0 aromatic heterocycles.